The summed E-state index contributed by atoms with van der Waals surface area (Å²) in [6.45, 7) is 10.2. The van der Waals surface area contributed by atoms with Gasteiger partial charge in [-0.2, -0.15) is 0 Å². The van der Waals surface area contributed by atoms with E-state index in [0.717, 1.165) is 16.7 Å². The highest BCUT2D eigenvalue weighted by Gasteiger charge is 2.38. The van der Waals surface area contributed by atoms with Crippen molar-refractivity contribution >= 4 is 28.6 Å². The van der Waals surface area contributed by atoms with Crippen molar-refractivity contribution in [1.29, 1.82) is 0 Å². The number of rotatable bonds is 13. The molecule has 3 amide bonds. The predicted molar refractivity (Wildman–Crippen MR) is 199 cm³/mol. The number of amides is 3. The fourth-order valence-corrected chi connectivity index (χ4v) is 6.46. The van der Waals surface area contributed by atoms with E-state index in [2.05, 4.69) is 20.9 Å². The first-order chi connectivity index (χ1) is 24.4. The van der Waals surface area contributed by atoms with Crippen LogP contribution in [0, 0.1) is 5.92 Å². The number of nitrogens with zero attached hydrogens (tertiary/aromatic N) is 2. The van der Waals surface area contributed by atoms with E-state index >= 15 is 0 Å². The summed E-state index contributed by atoms with van der Waals surface area (Å²) in [6.07, 6.45) is 0.260. The van der Waals surface area contributed by atoms with Gasteiger partial charge in [0, 0.05) is 30.4 Å². The number of para-hydroxylation sites is 2. The van der Waals surface area contributed by atoms with Crippen molar-refractivity contribution in [3.63, 3.8) is 0 Å². The van der Waals surface area contributed by atoms with Crippen molar-refractivity contribution in [3.8, 4) is 5.75 Å². The number of nitrogens with one attached hydrogen (secondary N) is 3. The van der Waals surface area contributed by atoms with Crippen LogP contribution in [0.25, 0.3) is 10.9 Å². The van der Waals surface area contributed by atoms with E-state index in [4.69, 9.17) is 4.74 Å². The van der Waals surface area contributed by atoms with Crippen LogP contribution in [0.2, 0.25) is 0 Å². The molecule has 3 aromatic carbocycles. The largest absolute Gasteiger partial charge is 0.490 e. The fraction of sp³-hybridized carbons (Fsp3) is 0.415. The second-order valence-electron chi connectivity index (χ2n) is 14.8. The Labute approximate surface area is 301 Å². The summed E-state index contributed by atoms with van der Waals surface area (Å²) < 4.78 is 6.27. The average Bonchev–Trinajstić information content (AvgIpc) is 3.10. The van der Waals surface area contributed by atoms with E-state index in [9.17, 15) is 19.5 Å². The Morgan fingerprint density at radius 2 is 1.57 bits per heavy atom. The monoisotopic (exact) mass is 693 g/mol. The van der Waals surface area contributed by atoms with Gasteiger partial charge < -0.3 is 25.8 Å². The van der Waals surface area contributed by atoms with E-state index in [0.29, 0.717) is 31.3 Å². The SMILES string of the molecule is CC(C)[C@H](NC(=O)c1ccc2ccccc2n1)C(=O)N[C@@H](Cc1ccccc1)[C@H](O)CN1CC[C@@H](Oc2ccccc2)C[C@H]1C(=O)NC(C)(C)C. The number of hydrogen-bond donors (Lipinski definition) is 4. The Kier molecular flexibility index (Phi) is 12.4. The van der Waals surface area contributed by atoms with Gasteiger partial charge in [-0.05, 0) is 69.4 Å². The van der Waals surface area contributed by atoms with Gasteiger partial charge in [-0.3, -0.25) is 19.3 Å². The standard InChI is InChI=1S/C41H51N5O5/c1-27(2)37(44-38(48)33-21-20-29-16-12-13-19-32(29)42-33)40(50)43-34(24-28-14-8-6-9-15-28)36(47)26-46-23-22-31(51-30-17-10-7-11-18-30)25-35(46)39(49)45-41(3,4)5/h6-21,27,31,34-37,47H,22-26H2,1-5H3,(H,43,50)(H,44,48)(H,45,49)/t31-,34+,35+,36-,37+/m1/s1. The molecule has 2 heterocycles. The van der Waals surface area contributed by atoms with Crippen molar-refractivity contribution in [2.24, 2.45) is 5.92 Å². The van der Waals surface area contributed by atoms with E-state index in [1.165, 1.54) is 0 Å². The zero-order valence-corrected chi connectivity index (χ0v) is 30.2. The lowest BCUT2D eigenvalue weighted by Crippen LogP contribution is -2.60. The molecule has 0 saturated carbocycles. The van der Waals surface area contributed by atoms with Crippen molar-refractivity contribution in [2.45, 2.75) is 89.8 Å². The second-order valence-corrected chi connectivity index (χ2v) is 14.8. The van der Waals surface area contributed by atoms with E-state index < -0.39 is 41.6 Å². The van der Waals surface area contributed by atoms with Gasteiger partial charge in [0.25, 0.3) is 5.91 Å². The summed E-state index contributed by atoms with van der Waals surface area (Å²) in [5.41, 5.74) is 1.39. The number of ether oxygens (including phenoxy) is 1. The first-order valence-electron chi connectivity index (χ1n) is 17.8. The number of carbonyl (C=O) groups excluding carboxylic acids is 3. The second kappa shape index (κ2) is 16.9. The highest BCUT2D eigenvalue weighted by atomic mass is 16.5. The molecule has 1 saturated heterocycles. The number of β-amino-alcohol motifs (C(OH)–C–C–N with tert-alkyl or cyclic N) is 1. The molecule has 4 N–H and O–H groups in total. The van der Waals surface area contributed by atoms with Crippen LogP contribution in [0.4, 0.5) is 0 Å². The average molecular weight is 694 g/mol. The molecule has 0 spiro atoms. The summed E-state index contributed by atoms with van der Waals surface area (Å²) in [4.78, 5) is 47.5. The highest BCUT2D eigenvalue weighted by molar-refractivity contribution is 5.98. The van der Waals surface area contributed by atoms with Gasteiger partial charge in [0.1, 0.15) is 23.6 Å². The molecule has 5 atom stereocenters. The molecule has 4 aromatic rings. The first kappa shape index (κ1) is 37.5. The number of benzene rings is 3. The summed E-state index contributed by atoms with van der Waals surface area (Å²) in [5, 5.41) is 21.8. The van der Waals surface area contributed by atoms with Crippen molar-refractivity contribution in [2.75, 3.05) is 13.1 Å². The van der Waals surface area contributed by atoms with E-state index in [1.54, 1.807) is 6.07 Å². The molecule has 1 aliphatic rings. The molecule has 0 radical (unpaired) electrons. The molecule has 1 aliphatic heterocycles. The minimum atomic E-state index is -1.03. The topological polar surface area (TPSA) is 133 Å². The minimum absolute atomic E-state index is 0.135. The number of aliphatic hydroxyl groups excluding tert-OH is 1. The van der Waals surface area contributed by atoms with Gasteiger partial charge in [0.2, 0.25) is 11.8 Å². The normalized spacial score (nSPS) is 18.4. The van der Waals surface area contributed by atoms with Crippen LogP contribution in [0.15, 0.2) is 97.1 Å². The molecule has 0 aliphatic carbocycles. The van der Waals surface area contributed by atoms with Crippen LogP contribution in [-0.4, -0.2) is 81.7 Å². The van der Waals surface area contributed by atoms with Crippen LogP contribution in [0.1, 0.15) is 63.5 Å². The number of likely N-dealkylation sites (tertiary alicyclic amines) is 1. The number of fused-ring (bicyclic) bond motifs is 1. The molecular formula is C41H51N5O5. The van der Waals surface area contributed by atoms with Crippen molar-refractivity contribution < 1.29 is 24.2 Å². The first-order valence-corrected chi connectivity index (χ1v) is 17.8. The zero-order valence-electron chi connectivity index (χ0n) is 30.2. The van der Waals surface area contributed by atoms with Gasteiger partial charge in [0.15, 0.2) is 0 Å². The zero-order chi connectivity index (χ0) is 36.5. The summed E-state index contributed by atoms with van der Waals surface area (Å²) in [6, 6.07) is 28.1. The third kappa shape index (κ3) is 10.6. The molecule has 0 unspecified atom stereocenters. The summed E-state index contributed by atoms with van der Waals surface area (Å²) >= 11 is 0. The lowest BCUT2D eigenvalue weighted by molar-refractivity contribution is -0.132. The third-order valence-electron chi connectivity index (χ3n) is 9.09. The maximum absolute atomic E-state index is 14.0. The lowest BCUT2D eigenvalue weighted by Gasteiger charge is -2.41. The van der Waals surface area contributed by atoms with Gasteiger partial charge in [-0.1, -0.05) is 86.6 Å². The maximum atomic E-state index is 14.0. The molecule has 0 bridgehead atoms. The maximum Gasteiger partial charge on any atom is 0.270 e. The number of pyridine rings is 1. The van der Waals surface area contributed by atoms with Crippen LogP contribution in [-0.2, 0) is 16.0 Å². The van der Waals surface area contributed by atoms with Crippen molar-refractivity contribution in [3.05, 3.63) is 108 Å². The van der Waals surface area contributed by atoms with Gasteiger partial charge in [0.05, 0.1) is 23.7 Å². The molecule has 270 valence electrons. The Hall–Kier alpha value is -4.80. The minimum Gasteiger partial charge on any atom is -0.490 e. The highest BCUT2D eigenvalue weighted by Crippen LogP contribution is 2.25. The molecule has 5 rings (SSSR count). The molecular weight excluding hydrogens is 642 g/mol. The van der Waals surface area contributed by atoms with Crippen LogP contribution < -0.4 is 20.7 Å². The number of aliphatic hydroxyl groups is 1. The third-order valence-corrected chi connectivity index (χ3v) is 9.09. The smallest absolute Gasteiger partial charge is 0.270 e. The van der Waals surface area contributed by atoms with E-state index in [-0.39, 0.29) is 30.2 Å². The Morgan fingerprint density at radius 1 is 0.902 bits per heavy atom. The lowest BCUT2D eigenvalue weighted by atomic mass is 9.94. The molecule has 1 aromatic heterocycles. The number of aromatic nitrogens is 1. The van der Waals surface area contributed by atoms with Gasteiger partial charge in [-0.25, -0.2) is 4.98 Å². The molecule has 1 fully saturated rings. The predicted octanol–water partition coefficient (Wildman–Crippen LogP) is 4.90. The van der Waals surface area contributed by atoms with Gasteiger partial charge in [-0.15, -0.1) is 0 Å². The van der Waals surface area contributed by atoms with Crippen LogP contribution in [0.5, 0.6) is 5.75 Å². The number of carbonyl (C=O) groups is 3. The summed E-state index contributed by atoms with van der Waals surface area (Å²) in [5.74, 6) is -0.499. The Morgan fingerprint density at radius 3 is 2.25 bits per heavy atom. The number of piperidine rings is 1. The molecule has 10 nitrogen and oxygen atoms in total. The van der Waals surface area contributed by atoms with Crippen LogP contribution in [0.3, 0.4) is 0 Å². The van der Waals surface area contributed by atoms with Crippen LogP contribution >= 0.6 is 0 Å². The fourth-order valence-electron chi connectivity index (χ4n) is 6.46. The van der Waals surface area contributed by atoms with Gasteiger partial charge >= 0.3 is 0 Å². The van der Waals surface area contributed by atoms with Crippen molar-refractivity contribution in [1.82, 2.24) is 25.8 Å². The summed E-state index contributed by atoms with van der Waals surface area (Å²) in [7, 11) is 0. The quantitative estimate of drug-likeness (QED) is 0.157. The Balaban J connectivity index is 1.33. The Bertz CT molecular complexity index is 1760. The molecule has 10 heteroatoms. The van der Waals surface area contributed by atoms with E-state index in [1.807, 2.05) is 131 Å². The number of hydrogen-bond acceptors (Lipinski definition) is 7. The molecule has 51 heavy (non-hydrogen) atoms.